The van der Waals surface area contributed by atoms with Crippen LogP contribution in [0.5, 0.6) is 0 Å². The van der Waals surface area contributed by atoms with Crippen molar-refractivity contribution in [2.24, 2.45) is 17.1 Å². The average Bonchev–Trinajstić information content (AvgIpc) is 2.57. The van der Waals surface area contributed by atoms with Crippen molar-refractivity contribution in [1.29, 1.82) is 0 Å². The van der Waals surface area contributed by atoms with Crippen LogP contribution in [0.3, 0.4) is 0 Å². The van der Waals surface area contributed by atoms with E-state index in [4.69, 9.17) is 5.73 Å². The number of aliphatic hydroxyl groups is 1. The third kappa shape index (κ3) is 2.29. The van der Waals surface area contributed by atoms with E-state index in [9.17, 15) is 5.11 Å². The minimum Gasteiger partial charge on any atom is -0.393 e. The lowest BCUT2D eigenvalue weighted by Crippen LogP contribution is -2.39. The van der Waals surface area contributed by atoms with Crippen molar-refractivity contribution >= 4 is 0 Å². The van der Waals surface area contributed by atoms with Gasteiger partial charge in [-0.2, -0.15) is 0 Å². The molecular formula is C12H25NO. The Morgan fingerprint density at radius 3 is 2.43 bits per heavy atom. The molecule has 2 nitrogen and oxygen atoms in total. The van der Waals surface area contributed by atoms with Crippen LogP contribution >= 0.6 is 0 Å². The lowest BCUT2D eigenvalue weighted by atomic mass is 9.75. The first-order valence-corrected chi connectivity index (χ1v) is 6.06. The fraction of sp³-hybridized carbons (Fsp3) is 1.00. The molecule has 14 heavy (non-hydrogen) atoms. The molecule has 0 aromatic heterocycles. The van der Waals surface area contributed by atoms with Gasteiger partial charge in [-0.25, -0.2) is 0 Å². The minimum atomic E-state index is -0.145. The van der Waals surface area contributed by atoms with Crippen LogP contribution in [0.25, 0.3) is 0 Å². The summed E-state index contributed by atoms with van der Waals surface area (Å²) < 4.78 is 0. The Hall–Kier alpha value is -0.0800. The normalized spacial score (nSPS) is 32.8. The number of aliphatic hydroxyl groups excluding tert-OH is 1. The van der Waals surface area contributed by atoms with Crippen molar-refractivity contribution in [2.45, 2.75) is 58.5 Å². The summed E-state index contributed by atoms with van der Waals surface area (Å²) >= 11 is 0. The van der Waals surface area contributed by atoms with Gasteiger partial charge in [0.15, 0.2) is 0 Å². The molecule has 1 saturated carbocycles. The lowest BCUT2D eigenvalue weighted by Gasteiger charge is -2.34. The summed E-state index contributed by atoms with van der Waals surface area (Å²) in [5, 5.41) is 10.00. The summed E-state index contributed by atoms with van der Waals surface area (Å²) in [5.74, 6) is 0.742. The van der Waals surface area contributed by atoms with Crippen LogP contribution in [0, 0.1) is 11.3 Å². The van der Waals surface area contributed by atoms with E-state index in [0.717, 1.165) is 31.6 Å². The topological polar surface area (TPSA) is 46.2 Å². The van der Waals surface area contributed by atoms with Gasteiger partial charge < -0.3 is 10.8 Å². The maximum atomic E-state index is 10.00. The Morgan fingerprint density at radius 1 is 1.43 bits per heavy atom. The number of nitrogens with two attached hydrogens (primary N) is 1. The quantitative estimate of drug-likeness (QED) is 0.713. The Balaban J connectivity index is 2.60. The van der Waals surface area contributed by atoms with Gasteiger partial charge in [-0.15, -0.1) is 0 Å². The molecule has 0 amide bonds. The van der Waals surface area contributed by atoms with E-state index in [1.54, 1.807) is 0 Å². The first-order chi connectivity index (χ1) is 6.68. The highest BCUT2D eigenvalue weighted by Gasteiger charge is 2.41. The van der Waals surface area contributed by atoms with Crippen molar-refractivity contribution < 1.29 is 5.11 Å². The SMILES string of the molecule is CCC(CC)CC1(CN)CCCC1O. The average molecular weight is 199 g/mol. The van der Waals surface area contributed by atoms with E-state index in [1.807, 2.05) is 0 Å². The van der Waals surface area contributed by atoms with Crippen LogP contribution in [0.15, 0.2) is 0 Å². The molecule has 2 heteroatoms. The molecule has 2 unspecified atom stereocenters. The Morgan fingerprint density at radius 2 is 2.07 bits per heavy atom. The summed E-state index contributed by atoms with van der Waals surface area (Å²) in [4.78, 5) is 0. The lowest BCUT2D eigenvalue weighted by molar-refractivity contribution is 0.0380. The summed E-state index contributed by atoms with van der Waals surface area (Å²) in [6, 6.07) is 0. The number of hydrogen-bond donors (Lipinski definition) is 2. The van der Waals surface area contributed by atoms with Crippen LogP contribution in [-0.2, 0) is 0 Å². The highest BCUT2D eigenvalue weighted by molar-refractivity contribution is 4.93. The molecule has 0 bridgehead atoms. The molecule has 0 saturated heterocycles. The van der Waals surface area contributed by atoms with Gasteiger partial charge in [-0.3, -0.25) is 0 Å². The highest BCUT2D eigenvalue weighted by Crippen LogP contribution is 2.43. The molecule has 0 radical (unpaired) electrons. The predicted octanol–water partition coefficient (Wildman–Crippen LogP) is 2.30. The minimum absolute atomic E-state index is 0.0523. The Bertz CT molecular complexity index is 168. The number of rotatable bonds is 5. The van der Waals surface area contributed by atoms with Gasteiger partial charge in [-0.05, 0) is 25.2 Å². The zero-order valence-corrected chi connectivity index (χ0v) is 9.63. The molecular weight excluding hydrogens is 174 g/mol. The van der Waals surface area contributed by atoms with Gasteiger partial charge in [0.1, 0.15) is 0 Å². The molecule has 2 atom stereocenters. The molecule has 1 aliphatic rings. The van der Waals surface area contributed by atoms with E-state index in [2.05, 4.69) is 13.8 Å². The molecule has 0 spiro atoms. The first kappa shape index (κ1) is 12.0. The Kier molecular flexibility index (Phi) is 4.39. The van der Waals surface area contributed by atoms with Gasteiger partial charge in [0.2, 0.25) is 0 Å². The standard InChI is InChI=1S/C12H25NO/c1-3-10(4-2)8-12(9-13)7-5-6-11(12)14/h10-11,14H,3-9,13H2,1-2H3. The molecule has 0 heterocycles. The van der Waals surface area contributed by atoms with Gasteiger partial charge in [0.05, 0.1) is 6.10 Å². The van der Waals surface area contributed by atoms with E-state index < -0.39 is 0 Å². The zero-order valence-electron chi connectivity index (χ0n) is 9.63. The molecule has 0 aromatic carbocycles. The van der Waals surface area contributed by atoms with Gasteiger partial charge in [0, 0.05) is 12.0 Å². The second-order valence-electron chi connectivity index (χ2n) is 4.86. The Labute approximate surface area is 87.9 Å². The summed E-state index contributed by atoms with van der Waals surface area (Å²) in [7, 11) is 0. The van der Waals surface area contributed by atoms with Crippen molar-refractivity contribution in [3.05, 3.63) is 0 Å². The van der Waals surface area contributed by atoms with Crippen LogP contribution in [0.2, 0.25) is 0 Å². The molecule has 1 fully saturated rings. The second kappa shape index (κ2) is 5.13. The molecule has 1 rings (SSSR count). The van der Waals surface area contributed by atoms with Gasteiger partial charge in [-0.1, -0.05) is 33.1 Å². The van der Waals surface area contributed by atoms with Crippen molar-refractivity contribution in [3.63, 3.8) is 0 Å². The first-order valence-electron chi connectivity index (χ1n) is 6.06. The fourth-order valence-electron chi connectivity index (χ4n) is 2.83. The maximum Gasteiger partial charge on any atom is 0.0608 e. The predicted molar refractivity (Wildman–Crippen MR) is 60.0 cm³/mol. The highest BCUT2D eigenvalue weighted by atomic mass is 16.3. The monoisotopic (exact) mass is 199 g/mol. The van der Waals surface area contributed by atoms with Crippen molar-refractivity contribution in [3.8, 4) is 0 Å². The second-order valence-corrected chi connectivity index (χ2v) is 4.86. The van der Waals surface area contributed by atoms with E-state index >= 15 is 0 Å². The van der Waals surface area contributed by atoms with Gasteiger partial charge >= 0.3 is 0 Å². The third-order valence-corrected chi connectivity index (χ3v) is 4.12. The summed E-state index contributed by atoms with van der Waals surface area (Å²) in [6.07, 6.45) is 6.64. The molecule has 0 aromatic rings. The molecule has 0 aliphatic heterocycles. The molecule has 3 N–H and O–H groups in total. The maximum absolute atomic E-state index is 10.00. The summed E-state index contributed by atoms with van der Waals surface area (Å²) in [5.41, 5.74) is 5.91. The van der Waals surface area contributed by atoms with Crippen LogP contribution in [0.1, 0.15) is 52.4 Å². The smallest absolute Gasteiger partial charge is 0.0608 e. The van der Waals surface area contributed by atoms with Crippen LogP contribution in [0.4, 0.5) is 0 Å². The molecule has 84 valence electrons. The van der Waals surface area contributed by atoms with Crippen LogP contribution < -0.4 is 5.73 Å². The number of hydrogen-bond acceptors (Lipinski definition) is 2. The van der Waals surface area contributed by atoms with Crippen molar-refractivity contribution in [1.82, 2.24) is 0 Å². The van der Waals surface area contributed by atoms with Gasteiger partial charge in [0.25, 0.3) is 0 Å². The summed E-state index contributed by atoms with van der Waals surface area (Å²) in [6.45, 7) is 5.13. The van der Waals surface area contributed by atoms with E-state index in [-0.39, 0.29) is 11.5 Å². The zero-order chi connectivity index (χ0) is 10.6. The largest absolute Gasteiger partial charge is 0.393 e. The molecule has 1 aliphatic carbocycles. The fourth-order valence-corrected chi connectivity index (χ4v) is 2.83. The van der Waals surface area contributed by atoms with Crippen LogP contribution in [-0.4, -0.2) is 17.8 Å². The van der Waals surface area contributed by atoms with E-state index in [0.29, 0.717) is 6.54 Å². The van der Waals surface area contributed by atoms with Crippen molar-refractivity contribution in [2.75, 3.05) is 6.54 Å². The third-order valence-electron chi connectivity index (χ3n) is 4.12. The van der Waals surface area contributed by atoms with E-state index in [1.165, 1.54) is 12.8 Å².